The lowest BCUT2D eigenvalue weighted by Crippen LogP contribution is -2.62. The molecule has 0 aromatic carbocycles. The molecule has 0 aromatic heterocycles. The summed E-state index contributed by atoms with van der Waals surface area (Å²) in [5.41, 5.74) is -0.809. The van der Waals surface area contributed by atoms with E-state index in [1.165, 1.54) is 13.0 Å². The van der Waals surface area contributed by atoms with Crippen LogP contribution in [0, 0.1) is 34.5 Å². The fourth-order valence-electron chi connectivity index (χ4n) is 14.7. The fraction of sp³-hybridized carbons (Fsp3) is 0.918. The third kappa shape index (κ3) is 9.59. The molecule has 0 spiro atoms. The predicted octanol–water partition coefficient (Wildman–Crippen LogP) is 0.613. The number of cyclic esters (lactones) is 1. The second kappa shape index (κ2) is 20.0. The molecule has 0 bridgehead atoms. The molecule has 4 saturated carbocycles. The first-order valence-corrected chi connectivity index (χ1v) is 25.3. The van der Waals surface area contributed by atoms with E-state index < -0.39 is 134 Å². The van der Waals surface area contributed by atoms with Crippen LogP contribution in [0.1, 0.15) is 112 Å². The van der Waals surface area contributed by atoms with Gasteiger partial charge in [0.2, 0.25) is 0 Å². The second-order valence-electron chi connectivity index (χ2n) is 22.3. The zero-order chi connectivity index (χ0) is 49.5. The smallest absolute Gasteiger partial charge is 0.331 e. The number of carbonyl (C=O) groups is 2. The lowest BCUT2D eigenvalue weighted by atomic mass is 9.43. The highest BCUT2D eigenvalue weighted by molar-refractivity contribution is 5.85. The molecule has 392 valence electrons. The van der Waals surface area contributed by atoms with Gasteiger partial charge < -0.3 is 88.2 Å². The van der Waals surface area contributed by atoms with Gasteiger partial charge in [-0.15, -0.1) is 0 Å². The van der Waals surface area contributed by atoms with Crippen molar-refractivity contribution in [2.45, 2.75) is 234 Å². The van der Waals surface area contributed by atoms with E-state index >= 15 is 0 Å². The van der Waals surface area contributed by atoms with Gasteiger partial charge in [-0.05, 0) is 94.5 Å². The first-order valence-electron chi connectivity index (χ1n) is 25.3. The van der Waals surface area contributed by atoms with Gasteiger partial charge in [0, 0.05) is 50.0 Å². The fourth-order valence-corrected chi connectivity index (χ4v) is 14.7. The van der Waals surface area contributed by atoms with Crippen LogP contribution in [0.2, 0.25) is 0 Å². The maximum absolute atomic E-state index is 12.6. The molecule has 5 aliphatic heterocycles. The van der Waals surface area contributed by atoms with E-state index in [2.05, 4.69) is 13.8 Å². The molecule has 20 heteroatoms. The molecular weight excluding hydrogens is 909 g/mol. The Hall–Kier alpha value is -1.96. The zero-order valence-corrected chi connectivity index (χ0v) is 40.5. The Bertz CT molecular complexity index is 1850. The predicted molar refractivity (Wildman–Crippen MR) is 235 cm³/mol. The van der Waals surface area contributed by atoms with Crippen molar-refractivity contribution in [3.05, 3.63) is 11.6 Å². The summed E-state index contributed by atoms with van der Waals surface area (Å²) in [6.07, 6.45) is -10.8. The number of rotatable bonds is 11. The number of hydrogen-bond donors (Lipinski definition) is 8. The number of ether oxygens (including phenoxy) is 10. The number of carbonyl (C=O) groups excluding carboxylic acids is 2. The van der Waals surface area contributed by atoms with E-state index in [1.54, 1.807) is 13.8 Å². The number of aliphatic hydroxyl groups is 8. The molecule has 26 atom stereocenters. The average molecular weight is 985 g/mol. The van der Waals surface area contributed by atoms with Gasteiger partial charge in [-0.2, -0.15) is 0 Å². The van der Waals surface area contributed by atoms with Crippen molar-refractivity contribution in [3.63, 3.8) is 0 Å². The van der Waals surface area contributed by atoms with Crippen LogP contribution in [-0.2, 0) is 57.0 Å². The number of fused-ring (bicyclic) bond motifs is 5. The summed E-state index contributed by atoms with van der Waals surface area (Å²) in [5.74, 6) is -0.609. The molecule has 0 aromatic rings. The SMILES string of the molecule is CC(=O)OC1CC(OC2C(O)CC(OC3C(O)CC(OC4CCC5(C)C(CCC6C5CCC5(C)C(C7=CC(=O)OC7)C(O)CC65O)C4)OC3C)OC2C)OC(C)C1OC1OC(CO)C(O)C(O)C1O. The van der Waals surface area contributed by atoms with Gasteiger partial charge in [-0.1, -0.05) is 13.8 Å². The maximum atomic E-state index is 12.6. The standard InChI is InChI=1S/C49H76O20/c1-21-43(67-37-16-31(53)44(22(2)62-37)68-38-17-33(64-24(4)51)45(23(3)63-38)69-46-42(58)41(57)40(56)34(19-50)66-46)30(52)15-36(61-21)65-27-9-11-47(5)26(14-27)7-8-29-28(47)10-12-48(6)39(25-13-35(55)60-20-25)32(54)18-49(29,48)59/h13,21-23,26-34,36-46,50,52-54,56-59H,7-12,14-20H2,1-6H3. The molecule has 0 radical (unpaired) electrons. The summed E-state index contributed by atoms with van der Waals surface area (Å²) in [7, 11) is 0. The molecule has 4 saturated heterocycles. The van der Waals surface area contributed by atoms with Crippen LogP contribution in [-0.4, -0.2) is 188 Å². The molecule has 4 aliphatic carbocycles. The van der Waals surface area contributed by atoms with E-state index in [-0.39, 0.29) is 55.2 Å². The van der Waals surface area contributed by atoms with E-state index in [0.29, 0.717) is 18.3 Å². The molecule has 0 amide bonds. The van der Waals surface area contributed by atoms with E-state index in [4.69, 9.17) is 47.4 Å². The van der Waals surface area contributed by atoms with Crippen molar-refractivity contribution in [3.8, 4) is 0 Å². The van der Waals surface area contributed by atoms with Crippen LogP contribution < -0.4 is 0 Å². The summed E-state index contributed by atoms with van der Waals surface area (Å²) >= 11 is 0. The summed E-state index contributed by atoms with van der Waals surface area (Å²) in [5, 5.41) is 87.5. The minimum atomic E-state index is -1.68. The Balaban J connectivity index is 0.749. The Morgan fingerprint density at radius 2 is 1.33 bits per heavy atom. The van der Waals surface area contributed by atoms with Crippen LogP contribution in [0.4, 0.5) is 0 Å². The van der Waals surface area contributed by atoms with Crippen LogP contribution >= 0.6 is 0 Å². The summed E-state index contributed by atoms with van der Waals surface area (Å²) < 4.78 is 60.1. The molecule has 9 aliphatic rings. The summed E-state index contributed by atoms with van der Waals surface area (Å²) in [6, 6.07) is 0. The van der Waals surface area contributed by atoms with E-state index in [1.807, 2.05) is 6.92 Å². The molecule has 69 heavy (non-hydrogen) atoms. The maximum Gasteiger partial charge on any atom is 0.331 e. The topological polar surface area (TPSA) is 288 Å². The Kier molecular flexibility index (Phi) is 15.1. The molecule has 9 rings (SSSR count). The third-order valence-corrected chi connectivity index (χ3v) is 18.2. The molecule has 8 N–H and O–H groups in total. The Morgan fingerprint density at radius 1 is 0.710 bits per heavy atom. The molecule has 20 nitrogen and oxygen atoms in total. The van der Waals surface area contributed by atoms with Gasteiger partial charge in [-0.3, -0.25) is 4.79 Å². The van der Waals surface area contributed by atoms with Gasteiger partial charge >= 0.3 is 11.9 Å². The van der Waals surface area contributed by atoms with Gasteiger partial charge in [0.1, 0.15) is 55.4 Å². The summed E-state index contributed by atoms with van der Waals surface area (Å²) in [4.78, 5) is 24.2. The normalized spacial score (nSPS) is 53.3. The Labute approximate surface area is 402 Å². The average Bonchev–Trinajstić information content (AvgIpc) is 3.79. The van der Waals surface area contributed by atoms with Crippen molar-refractivity contribution in [1.29, 1.82) is 0 Å². The zero-order valence-electron chi connectivity index (χ0n) is 40.5. The minimum Gasteiger partial charge on any atom is -0.459 e. The minimum absolute atomic E-state index is 0.000687. The molecule has 8 fully saturated rings. The molecule has 5 heterocycles. The second-order valence-corrected chi connectivity index (χ2v) is 22.3. The van der Waals surface area contributed by atoms with Crippen LogP contribution in [0.25, 0.3) is 0 Å². The number of hydrogen-bond acceptors (Lipinski definition) is 20. The van der Waals surface area contributed by atoms with Crippen LogP contribution in [0.3, 0.4) is 0 Å². The van der Waals surface area contributed by atoms with Crippen molar-refractivity contribution in [1.82, 2.24) is 0 Å². The van der Waals surface area contributed by atoms with Gasteiger partial charge in [0.25, 0.3) is 0 Å². The van der Waals surface area contributed by atoms with Crippen LogP contribution in [0.15, 0.2) is 11.6 Å². The lowest BCUT2D eigenvalue weighted by molar-refractivity contribution is -0.355. The van der Waals surface area contributed by atoms with Crippen molar-refractivity contribution < 1.29 is 97.8 Å². The van der Waals surface area contributed by atoms with Crippen molar-refractivity contribution >= 4 is 11.9 Å². The van der Waals surface area contributed by atoms with Crippen molar-refractivity contribution in [2.24, 2.45) is 34.5 Å². The van der Waals surface area contributed by atoms with Crippen LogP contribution in [0.5, 0.6) is 0 Å². The monoisotopic (exact) mass is 984 g/mol. The highest BCUT2D eigenvalue weighted by Gasteiger charge is 2.70. The highest BCUT2D eigenvalue weighted by Crippen LogP contribution is 2.70. The van der Waals surface area contributed by atoms with Gasteiger partial charge in [0.15, 0.2) is 25.2 Å². The third-order valence-electron chi connectivity index (χ3n) is 18.2. The van der Waals surface area contributed by atoms with Gasteiger partial charge in [0.05, 0.1) is 54.9 Å². The molecular formula is C49H76O20. The summed E-state index contributed by atoms with van der Waals surface area (Å²) in [6.45, 7) is 10.4. The van der Waals surface area contributed by atoms with E-state index in [9.17, 15) is 50.4 Å². The number of aliphatic hydroxyl groups excluding tert-OH is 7. The van der Waals surface area contributed by atoms with E-state index in [0.717, 1.165) is 50.5 Å². The first-order chi connectivity index (χ1) is 32.6. The van der Waals surface area contributed by atoms with Crippen molar-refractivity contribution in [2.75, 3.05) is 13.2 Å². The first kappa shape index (κ1) is 51.9. The Morgan fingerprint density at radius 3 is 1.93 bits per heavy atom. The lowest BCUT2D eigenvalue weighted by Gasteiger charge is -2.63. The molecule has 26 unspecified atom stereocenters. The largest absolute Gasteiger partial charge is 0.459 e. The number of esters is 2. The van der Waals surface area contributed by atoms with Gasteiger partial charge in [-0.25, -0.2) is 4.79 Å². The quantitative estimate of drug-likeness (QED) is 0.104. The highest BCUT2D eigenvalue weighted by atomic mass is 16.8.